The van der Waals surface area contributed by atoms with Crippen molar-refractivity contribution in [2.24, 2.45) is 11.3 Å². The average Bonchev–Trinajstić information content (AvgIpc) is 3.15. The van der Waals surface area contributed by atoms with Crippen molar-refractivity contribution >= 4 is 23.4 Å². The Kier molecular flexibility index (Phi) is 3.28. The predicted octanol–water partition coefficient (Wildman–Crippen LogP) is 2.05. The monoisotopic (exact) mass is 299 g/mol. The molecule has 1 atom stereocenters. The summed E-state index contributed by atoms with van der Waals surface area (Å²) in [7, 11) is 1.42. The van der Waals surface area contributed by atoms with E-state index in [0.29, 0.717) is 13.1 Å². The Balaban J connectivity index is 1.68. The SMILES string of the molecule is COC(=O)C1CC12CCN(c1nc(Cl)ncc1F)CC2. The van der Waals surface area contributed by atoms with E-state index in [2.05, 4.69) is 9.97 Å². The van der Waals surface area contributed by atoms with E-state index in [0.717, 1.165) is 25.5 Å². The molecule has 20 heavy (non-hydrogen) atoms. The molecule has 0 bridgehead atoms. The van der Waals surface area contributed by atoms with E-state index in [9.17, 15) is 9.18 Å². The lowest BCUT2D eigenvalue weighted by Gasteiger charge is -2.33. The van der Waals surface area contributed by atoms with Crippen molar-refractivity contribution in [3.8, 4) is 0 Å². The number of anilines is 1. The minimum atomic E-state index is -0.467. The molecule has 1 spiro atoms. The summed E-state index contributed by atoms with van der Waals surface area (Å²) in [6.07, 6.45) is 3.64. The number of esters is 1. The highest BCUT2D eigenvalue weighted by Crippen LogP contribution is 2.59. The Labute approximate surface area is 121 Å². The number of hydrogen-bond acceptors (Lipinski definition) is 5. The fourth-order valence-electron chi connectivity index (χ4n) is 3.10. The van der Waals surface area contributed by atoms with Crippen LogP contribution in [0, 0.1) is 17.2 Å². The van der Waals surface area contributed by atoms with Gasteiger partial charge in [0.05, 0.1) is 19.2 Å². The molecule has 108 valence electrons. The molecule has 1 unspecified atom stereocenters. The van der Waals surface area contributed by atoms with Crippen LogP contribution in [0.15, 0.2) is 6.20 Å². The Morgan fingerprint density at radius 3 is 2.90 bits per heavy atom. The molecule has 0 radical (unpaired) electrons. The van der Waals surface area contributed by atoms with Crippen LogP contribution in [-0.2, 0) is 9.53 Å². The van der Waals surface area contributed by atoms with Crippen molar-refractivity contribution in [2.75, 3.05) is 25.1 Å². The molecule has 2 aliphatic rings. The van der Waals surface area contributed by atoms with E-state index in [1.165, 1.54) is 7.11 Å². The van der Waals surface area contributed by atoms with Crippen molar-refractivity contribution in [3.05, 3.63) is 17.3 Å². The standard InChI is InChI=1S/C13H15ClFN3O2/c1-20-11(19)8-6-13(8)2-4-18(5-3-13)10-9(15)7-16-12(14)17-10/h7-8H,2-6H2,1H3. The largest absolute Gasteiger partial charge is 0.469 e. The maximum absolute atomic E-state index is 13.7. The molecule has 2 heterocycles. The number of piperidine rings is 1. The third-order valence-electron chi connectivity index (χ3n) is 4.43. The number of aromatic nitrogens is 2. The highest BCUT2D eigenvalue weighted by molar-refractivity contribution is 6.28. The summed E-state index contributed by atoms with van der Waals surface area (Å²) >= 11 is 5.71. The van der Waals surface area contributed by atoms with Crippen molar-refractivity contribution in [2.45, 2.75) is 19.3 Å². The average molecular weight is 300 g/mol. The van der Waals surface area contributed by atoms with Gasteiger partial charge in [0.15, 0.2) is 11.6 Å². The number of methoxy groups -OCH3 is 1. The van der Waals surface area contributed by atoms with Crippen molar-refractivity contribution in [1.29, 1.82) is 0 Å². The minimum Gasteiger partial charge on any atom is -0.469 e. The van der Waals surface area contributed by atoms with Gasteiger partial charge in [0.2, 0.25) is 5.28 Å². The lowest BCUT2D eigenvalue weighted by molar-refractivity contribution is -0.143. The van der Waals surface area contributed by atoms with Gasteiger partial charge in [0.1, 0.15) is 0 Å². The van der Waals surface area contributed by atoms with Gasteiger partial charge < -0.3 is 9.64 Å². The number of rotatable bonds is 2. The summed E-state index contributed by atoms with van der Waals surface area (Å²) in [6.45, 7) is 1.33. The molecule has 1 saturated carbocycles. The fourth-order valence-corrected chi connectivity index (χ4v) is 3.23. The van der Waals surface area contributed by atoms with E-state index in [-0.39, 0.29) is 28.4 Å². The van der Waals surface area contributed by atoms with Crippen LogP contribution in [-0.4, -0.2) is 36.1 Å². The summed E-state index contributed by atoms with van der Waals surface area (Å²) in [5.74, 6) is -0.344. The third-order valence-corrected chi connectivity index (χ3v) is 4.61. The van der Waals surface area contributed by atoms with E-state index < -0.39 is 5.82 Å². The zero-order chi connectivity index (χ0) is 14.3. The first-order chi connectivity index (χ1) is 9.55. The van der Waals surface area contributed by atoms with Gasteiger partial charge in [0, 0.05) is 13.1 Å². The first-order valence-corrected chi connectivity index (χ1v) is 6.94. The van der Waals surface area contributed by atoms with Gasteiger partial charge >= 0.3 is 5.97 Å². The molecule has 2 fully saturated rings. The molecule has 1 aromatic heterocycles. The lowest BCUT2D eigenvalue weighted by atomic mass is 9.91. The van der Waals surface area contributed by atoms with Crippen LogP contribution in [0.3, 0.4) is 0 Å². The molecule has 0 amide bonds. The Morgan fingerprint density at radius 1 is 1.55 bits per heavy atom. The van der Waals surface area contributed by atoms with Gasteiger partial charge in [-0.3, -0.25) is 4.79 Å². The molecule has 1 aliphatic carbocycles. The van der Waals surface area contributed by atoms with Crippen molar-refractivity contribution in [3.63, 3.8) is 0 Å². The maximum atomic E-state index is 13.7. The third kappa shape index (κ3) is 2.22. The molecule has 1 saturated heterocycles. The van der Waals surface area contributed by atoms with Gasteiger partial charge in [-0.25, -0.2) is 9.37 Å². The number of carbonyl (C=O) groups excluding carboxylic acids is 1. The van der Waals surface area contributed by atoms with Gasteiger partial charge in [-0.1, -0.05) is 0 Å². The molecule has 0 N–H and O–H groups in total. The van der Waals surface area contributed by atoms with Gasteiger partial charge in [-0.2, -0.15) is 4.98 Å². The van der Waals surface area contributed by atoms with Crippen molar-refractivity contribution < 1.29 is 13.9 Å². The second kappa shape index (κ2) is 4.84. The topological polar surface area (TPSA) is 55.3 Å². The van der Waals surface area contributed by atoms with E-state index in [4.69, 9.17) is 16.3 Å². The van der Waals surface area contributed by atoms with Crippen LogP contribution in [0.1, 0.15) is 19.3 Å². The Hall–Kier alpha value is -1.43. The smallest absolute Gasteiger partial charge is 0.309 e. The summed E-state index contributed by atoms with van der Waals surface area (Å²) in [5.41, 5.74) is 0.0525. The highest BCUT2D eigenvalue weighted by atomic mass is 35.5. The highest BCUT2D eigenvalue weighted by Gasteiger charge is 2.59. The molecule has 3 rings (SSSR count). The van der Waals surface area contributed by atoms with Crippen LogP contribution >= 0.6 is 11.6 Å². The van der Waals surface area contributed by atoms with Crippen LogP contribution in [0.25, 0.3) is 0 Å². The van der Waals surface area contributed by atoms with E-state index in [1.54, 1.807) is 0 Å². The van der Waals surface area contributed by atoms with Crippen LogP contribution in [0.4, 0.5) is 10.2 Å². The molecule has 0 aromatic carbocycles. The van der Waals surface area contributed by atoms with Gasteiger partial charge in [0.25, 0.3) is 0 Å². The Bertz CT molecular complexity index is 546. The maximum Gasteiger partial charge on any atom is 0.309 e. The lowest BCUT2D eigenvalue weighted by Crippen LogP contribution is -2.37. The molecular weight excluding hydrogens is 285 g/mol. The van der Waals surface area contributed by atoms with Crippen LogP contribution < -0.4 is 4.90 Å². The number of carbonyl (C=O) groups is 1. The van der Waals surface area contributed by atoms with Crippen LogP contribution in [0.5, 0.6) is 0 Å². The minimum absolute atomic E-state index is 0.00786. The molecule has 5 nitrogen and oxygen atoms in total. The molecular formula is C13H15ClFN3O2. The summed E-state index contributed by atoms with van der Waals surface area (Å²) < 4.78 is 18.5. The fraction of sp³-hybridized carbons (Fsp3) is 0.615. The zero-order valence-corrected chi connectivity index (χ0v) is 11.9. The quantitative estimate of drug-likeness (QED) is 0.618. The number of hydrogen-bond donors (Lipinski definition) is 0. The van der Waals surface area contributed by atoms with Gasteiger partial charge in [-0.15, -0.1) is 0 Å². The van der Waals surface area contributed by atoms with Crippen LogP contribution in [0.2, 0.25) is 5.28 Å². The second-order valence-corrected chi connectivity index (χ2v) is 5.78. The zero-order valence-electron chi connectivity index (χ0n) is 11.1. The normalized spacial score (nSPS) is 23.8. The summed E-state index contributed by atoms with van der Waals surface area (Å²) in [5, 5.41) is 0.0422. The second-order valence-electron chi connectivity index (χ2n) is 5.44. The van der Waals surface area contributed by atoms with E-state index >= 15 is 0 Å². The summed E-state index contributed by atoms with van der Waals surface area (Å²) in [6, 6.07) is 0. The van der Waals surface area contributed by atoms with Gasteiger partial charge in [-0.05, 0) is 36.3 Å². The van der Waals surface area contributed by atoms with E-state index in [1.807, 2.05) is 4.90 Å². The first kappa shape index (κ1) is 13.5. The molecule has 7 heteroatoms. The predicted molar refractivity (Wildman–Crippen MR) is 71.0 cm³/mol. The number of halogens is 2. The molecule has 1 aromatic rings. The molecule has 1 aliphatic heterocycles. The number of ether oxygens (including phenoxy) is 1. The number of nitrogens with zero attached hydrogens (tertiary/aromatic N) is 3. The summed E-state index contributed by atoms with van der Waals surface area (Å²) in [4.78, 5) is 21.0. The van der Waals surface area contributed by atoms with Crippen molar-refractivity contribution in [1.82, 2.24) is 9.97 Å². The Morgan fingerprint density at radius 2 is 2.25 bits per heavy atom. The first-order valence-electron chi connectivity index (χ1n) is 6.56.